The normalized spacial score (nSPS) is 18.6. The molecule has 27 heavy (non-hydrogen) atoms. The number of hydrogen-bond donors (Lipinski definition) is 1. The molecule has 0 radical (unpaired) electrons. The molecule has 160 valence electrons. The van der Waals surface area contributed by atoms with E-state index in [1.54, 1.807) is 0 Å². The van der Waals surface area contributed by atoms with Crippen molar-refractivity contribution >= 4 is 5.97 Å². The molecule has 1 atom stereocenters. The molecule has 1 fully saturated rings. The molecule has 0 bridgehead atoms. The van der Waals surface area contributed by atoms with Gasteiger partial charge in [0.15, 0.2) is 0 Å². The summed E-state index contributed by atoms with van der Waals surface area (Å²) in [5, 5.41) is 8.72. The van der Waals surface area contributed by atoms with Gasteiger partial charge in [-0.05, 0) is 6.42 Å². The highest BCUT2D eigenvalue weighted by Crippen LogP contribution is 2.30. The molecule has 1 rings (SSSR count). The number of unbranched alkanes of at least 4 members (excludes halogenated alkanes) is 14. The van der Waals surface area contributed by atoms with E-state index in [4.69, 9.17) is 19.3 Å². The van der Waals surface area contributed by atoms with E-state index in [1.165, 1.54) is 83.5 Å². The predicted octanol–water partition coefficient (Wildman–Crippen LogP) is 5.48. The van der Waals surface area contributed by atoms with Crippen LogP contribution in [0.3, 0.4) is 0 Å². The number of hydrogen-bond acceptors (Lipinski definition) is 5. The Morgan fingerprint density at radius 2 is 1.30 bits per heavy atom. The van der Waals surface area contributed by atoms with Crippen molar-refractivity contribution in [2.45, 2.75) is 116 Å². The van der Waals surface area contributed by atoms with Crippen molar-refractivity contribution in [2.24, 2.45) is 0 Å². The summed E-state index contributed by atoms with van der Waals surface area (Å²) in [6, 6.07) is 0. The molecule has 0 saturated carbocycles. The first kappa shape index (κ1) is 24.4. The minimum Gasteiger partial charge on any atom is -0.406 e. The molecule has 0 aromatic heterocycles. The Kier molecular flexibility index (Phi) is 14.7. The fraction of sp³-hybridized carbons (Fsp3) is 0.955. The number of epoxide rings is 1. The quantitative estimate of drug-likeness (QED) is 0.130. The molecule has 0 aromatic carbocycles. The summed E-state index contributed by atoms with van der Waals surface area (Å²) in [5.41, 5.74) is 0. The SMILES string of the molecule is CCCCCCCCCCCCCCCCCC(=O)OC1(OCCO)CO1. The largest absolute Gasteiger partial charge is 0.406 e. The van der Waals surface area contributed by atoms with Gasteiger partial charge in [0.1, 0.15) is 6.61 Å². The average molecular weight is 387 g/mol. The first-order valence-corrected chi connectivity index (χ1v) is 11.3. The van der Waals surface area contributed by atoms with Gasteiger partial charge in [0.05, 0.1) is 13.2 Å². The molecule has 1 heterocycles. The molecule has 5 heteroatoms. The van der Waals surface area contributed by atoms with Gasteiger partial charge in [0.2, 0.25) is 0 Å². The number of aliphatic hydroxyl groups excluding tert-OH is 1. The fourth-order valence-electron chi connectivity index (χ4n) is 3.30. The molecule has 1 unspecified atom stereocenters. The Hall–Kier alpha value is -0.650. The van der Waals surface area contributed by atoms with E-state index >= 15 is 0 Å². The summed E-state index contributed by atoms with van der Waals surface area (Å²) >= 11 is 0. The molecule has 1 saturated heterocycles. The van der Waals surface area contributed by atoms with Crippen LogP contribution in [0.15, 0.2) is 0 Å². The Balaban J connectivity index is 1.77. The van der Waals surface area contributed by atoms with Crippen molar-refractivity contribution in [1.82, 2.24) is 0 Å². The summed E-state index contributed by atoms with van der Waals surface area (Å²) in [7, 11) is 0. The minimum atomic E-state index is -1.20. The topological polar surface area (TPSA) is 68.3 Å². The lowest BCUT2D eigenvalue weighted by Crippen LogP contribution is -2.26. The van der Waals surface area contributed by atoms with Gasteiger partial charge in [-0.25, -0.2) is 0 Å². The van der Waals surface area contributed by atoms with Crippen LogP contribution in [0.1, 0.15) is 110 Å². The number of esters is 1. The first-order valence-electron chi connectivity index (χ1n) is 11.3. The second kappa shape index (κ2) is 16.3. The average Bonchev–Trinajstić information content (AvgIpc) is 3.42. The molecule has 1 aliphatic rings. The molecule has 0 spiro atoms. The maximum absolute atomic E-state index is 11.8. The van der Waals surface area contributed by atoms with Crippen LogP contribution in [0.4, 0.5) is 0 Å². The summed E-state index contributed by atoms with van der Waals surface area (Å²) in [6.07, 6.45) is 20.0. The van der Waals surface area contributed by atoms with Gasteiger partial charge in [-0.2, -0.15) is 0 Å². The standard InChI is InChI=1S/C22H42O5/c1-2-3-4-5-6-7-8-9-10-11-12-13-14-15-16-17-21(24)27-22(20-26-22)25-19-18-23/h23H,2-20H2,1H3. The van der Waals surface area contributed by atoms with Gasteiger partial charge in [-0.3, -0.25) is 4.79 Å². The lowest BCUT2D eigenvalue weighted by molar-refractivity contribution is -0.227. The van der Waals surface area contributed by atoms with E-state index < -0.39 is 5.97 Å². The second-order valence-electron chi connectivity index (χ2n) is 7.72. The van der Waals surface area contributed by atoms with Crippen LogP contribution in [0.2, 0.25) is 0 Å². The minimum absolute atomic E-state index is 0.109. The third kappa shape index (κ3) is 14.1. The monoisotopic (exact) mass is 386 g/mol. The van der Waals surface area contributed by atoms with Gasteiger partial charge in [0, 0.05) is 6.42 Å². The summed E-state index contributed by atoms with van der Waals surface area (Å²) in [5.74, 6) is -1.48. The molecule has 0 aromatic rings. The molecular weight excluding hydrogens is 344 g/mol. The maximum Gasteiger partial charge on any atom is 0.354 e. The van der Waals surface area contributed by atoms with E-state index in [9.17, 15) is 4.79 Å². The van der Waals surface area contributed by atoms with Crippen LogP contribution < -0.4 is 0 Å². The molecule has 0 amide bonds. The van der Waals surface area contributed by atoms with Crippen molar-refractivity contribution in [3.8, 4) is 0 Å². The van der Waals surface area contributed by atoms with Gasteiger partial charge in [0.25, 0.3) is 0 Å². The Labute approximate surface area is 166 Å². The Bertz CT molecular complexity index is 355. The molecule has 0 aliphatic carbocycles. The zero-order valence-corrected chi connectivity index (χ0v) is 17.5. The molecule has 5 nitrogen and oxygen atoms in total. The van der Waals surface area contributed by atoms with E-state index in [0.717, 1.165) is 12.8 Å². The third-order valence-electron chi connectivity index (χ3n) is 5.05. The molecule has 1 N–H and O–H groups in total. The van der Waals surface area contributed by atoms with Crippen LogP contribution in [-0.2, 0) is 19.0 Å². The van der Waals surface area contributed by atoms with E-state index in [1.807, 2.05) is 0 Å². The van der Waals surface area contributed by atoms with Crippen LogP contribution in [0.25, 0.3) is 0 Å². The zero-order chi connectivity index (χ0) is 19.6. The zero-order valence-electron chi connectivity index (χ0n) is 17.5. The first-order chi connectivity index (χ1) is 13.2. The Morgan fingerprint density at radius 3 is 1.70 bits per heavy atom. The van der Waals surface area contributed by atoms with Crippen molar-refractivity contribution in [2.75, 3.05) is 19.8 Å². The van der Waals surface area contributed by atoms with Crippen molar-refractivity contribution in [1.29, 1.82) is 0 Å². The smallest absolute Gasteiger partial charge is 0.354 e. The van der Waals surface area contributed by atoms with Gasteiger partial charge >= 0.3 is 11.9 Å². The highest BCUT2D eigenvalue weighted by molar-refractivity contribution is 5.69. The lowest BCUT2D eigenvalue weighted by Gasteiger charge is -2.12. The van der Waals surface area contributed by atoms with Crippen LogP contribution in [0.5, 0.6) is 0 Å². The number of carbonyl (C=O) groups excluding carboxylic acids is 1. The van der Waals surface area contributed by atoms with Crippen molar-refractivity contribution in [3.63, 3.8) is 0 Å². The predicted molar refractivity (Wildman–Crippen MR) is 107 cm³/mol. The van der Waals surface area contributed by atoms with Crippen LogP contribution >= 0.6 is 0 Å². The molecular formula is C22H42O5. The van der Waals surface area contributed by atoms with Crippen LogP contribution in [-0.4, -0.2) is 36.9 Å². The van der Waals surface area contributed by atoms with Gasteiger partial charge in [-0.1, -0.05) is 96.8 Å². The number of rotatable bonds is 20. The second-order valence-corrected chi connectivity index (χ2v) is 7.72. The van der Waals surface area contributed by atoms with Crippen molar-refractivity contribution in [3.05, 3.63) is 0 Å². The summed E-state index contributed by atoms with van der Waals surface area (Å²) in [4.78, 5) is 11.8. The summed E-state index contributed by atoms with van der Waals surface area (Å²) in [6.45, 7) is 2.54. The van der Waals surface area contributed by atoms with E-state index in [2.05, 4.69) is 6.92 Å². The Morgan fingerprint density at radius 1 is 0.852 bits per heavy atom. The number of carbonyl (C=O) groups is 1. The highest BCUT2D eigenvalue weighted by Gasteiger charge is 2.51. The van der Waals surface area contributed by atoms with E-state index in [0.29, 0.717) is 6.42 Å². The lowest BCUT2D eigenvalue weighted by atomic mass is 10.0. The van der Waals surface area contributed by atoms with Gasteiger partial charge < -0.3 is 19.3 Å². The van der Waals surface area contributed by atoms with Crippen LogP contribution in [0, 0.1) is 0 Å². The fourth-order valence-corrected chi connectivity index (χ4v) is 3.30. The van der Waals surface area contributed by atoms with Gasteiger partial charge in [-0.15, -0.1) is 0 Å². The van der Waals surface area contributed by atoms with Crippen molar-refractivity contribution < 1.29 is 24.1 Å². The maximum atomic E-state index is 11.8. The third-order valence-corrected chi connectivity index (χ3v) is 5.05. The van der Waals surface area contributed by atoms with E-state index in [-0.39, 0.29) is 25.8 Å². The summed E-state index contributed by atoms with van der Waals surface area (Å²) < 4.78 is 15.4. The number of ether oxygens (including phenoxy) is 3. The highest BCUT2D eigenvalue weighted by atomic mass is 16.9. The number of aliphatic hydroxyl groups is 1. The molecule has 1 aliphatic heterocycles.